The number of carboxylic acids is 1. The van der Waals surface area contributed by atoms with Crippen molar-refractivity contribution < 1.29 is 19.4 Å². The van der Waals surface area contributed by atoms with Gasteiger partial charge in [0.05, 0.1) is 6.61 Å². The van der Waals surface area contributed by atoms with Crippen molar-refractivity contribution in [2.45, 2.75) is 18.3 Å². The number of alkyl halides is 1. The van der Waals surface area contributed by atoms with Gasteiger partial charge in [0, 0.05) is 6.04 Å². The van der Waals surface area contributed by atoms with E-state index in [0.29, 0.717) is 5.56 Å². The van der Waals surface area contributed by atoms with Crippen LogP contribution in [-0.4, -0.2) is 29.0 Å². The van der Waals surface area contributed by atoms with Crippen molar-refractivity contribution in [2.24, 2.45) is 11.7 Å². The summed E-state index contributed by atoms with van der Waals surface area (Å²) in [7, 11) is 0. The molecule has 0 saturated carbocycles. The topological polar surface area (TPSA) is 89.6 Å². The molecule has 1 aromatic carbocycles. The van der Waals surface area contributed by atoms with Crippen LogP contribution in [0.4, 0.5) is 0 Å². The Bertz CT molecular complexity index is 438. The van der Waals surface area contributed by atoms with Crippen LogP contribution in [0, 0.1) is 5.92 Å². The maximum atomic E-state index is 11.9. The van der Waals surface area contributed by atoms with E-state index in [-0.39, 0.29) is 6.61 Å². The number of halogens is 1. The fraction of sp³-hybridized carbons (Fsp3) is 0.385. The van der Waals surface area contributed by atoms with Crippen LogP contribution < -0.4 is 5.73 Å². The SMILES string of the molecule is CCOC(=O)C(C(Cl)C(=O)O)C(N)c1ccccc1. The van der Waals surface area contributed by atoms with Gasteiger partial charge in [-0.15, -0.1) is 11.6 Å². The Morgan fingerprint density at radius 1 is 1.37 bits per heavy atom. The highest BCUT2D eigenvalue weighted by molar-refractivity contribution is 6.31. The molecule has 19 heavy (non-hydrogen) atoms. The van der Waals surface area contributed by atoms with Crippen LogP contribution in [0.25, 0.3) is 0 Å². The predicted octanol–water partition coefficient (Wildman–Crippen LogP) is 1.56. The average molecular weight is 286 g/mol. The van der Waals surface area contributed by atoms with Gasteiger partial charge < -0.3 is 15.6 Å². The zero-order valence-electron chi connectivity index (χ0n) is 10.5. The summed E-state index contributed by atoms with van der Waals surface area (Å²) in [5.74, 6) is -3.14. The highest BCUT2D eigenvalue weighted by Gasteiger charge is 2.38. The highest BCUT2D eigenvalue weighted by atomic mass is 35.5. The Balaban J connectivity index is 3.02. The number of hydrogen-bond donors (Lipinski definition) is 2. The molecule has 3 unspecified atom stereocenters. The lowest BCUT2D eigenvalue weighted by Gasteiger charge is -2.24. The number of nitrogens with two attached hydrogens (primary N) is 1. The fourth-order valence-corrected chi connectivity index (χ4v) is 1.98. The lowest BCUT2D eigenvalue weighted by Crippen LogP contribution is -2.40. The minimum Gasteiger partial charge on any atom is -0.480 e. The van der Waals surface area contributed by atoms with E-state index in [1.54, 1.807) is 37.3 Å². The lowest BCUT2D eigenvalue weighted by molar-refractivity contribution is -0.153. The summed E-state index contributed by atoms with van der Waals surface area (Å²) in [4.78, 5) is 22.8. The molecule has 104 valence electrons. The summed E-state index contributed by atoms with van der Waals surface area (Å²) in [6, 6.07) is 7.89. The third-order valence-corrected chi connectivity index (χ3v) is 3.14. The van der Waals surface area contributed by atoms with E-state index >= 15 is 0 Å². The van der Waals surface area contributed by atoms with Gasteiger partial charge in [-0.3, -0.25) is 9.59 Å². The largest absolute Gasteiger partial charge is 0.480 e. The van der Waals surface area contributed by atoms with Crippen LogP contribution in [0.5, 0.6) is 0 Å². The first-order valence-corrected chi connectivity index (χ1v) is 6.26. The van der Waals surface area contributed by atoms with Crippen LogP contribution in [0.15, 0.2) is 30.3 Å². The van der Waals surface area contributed by atoms with Gasteiger partial charge in [0.15, 0.2) is 0 Å². The summed E-state index contributed by atoms with van der Waals surface area (Å²) in [6.07, 6.45) is 0. The number of rotatable bonds is 6. The number of carboxylic acid groups (broad SMARTS) is 1. The Morgan fingerprint density at radius 3 is 2.42 bits per heavy atom. The number of aliphatic carboxylic acids is 1. The molecular formula is C13H16ClNO4. The molecule has 0 radical (unpaired) electrons. The Hall–Kier alpha value is -1.59. The molecule has 0 aliphatic carbocycles. The van der Waals surface area contributed by atoms with E-state index in [0.717, 1.165) is 0 Å². The number of benzene rings is 1. The molecule has 0 aromatic heterocycles. The molecule has 0 aliphatic rings. The minimum atomic E-state index is -1.44. The molecule has 0 bridgehead atoms. The van der Waals surface area contributed by atoms with Gasteiger partial charge in [-0.1, -0.05) is 30.3 Å². The van der Waals surface area contributed by atoms with Crippen LogP contribution in [0.3, 0.4) is 0 Å². The van der Waals surface area contributed by atoms with Crippen LogP contribution in [-0.2, 0) is 14.3 Å². The average Bonchev–Trinajstić information content (AvgIpc) is 2.40. The molecule has 0 saturated heterocycles. The van der Waals surface area contributed by atoms with Crippen molar-refractivity contribution in [3.63, 3.8) is 0 Å². The Kier molecular flexibility index (Phi) is 5.79. The molecular weight excluding hydrogens is 270 g/mol. The summed E-state index contributed by atoms with van der Waals surface area (Å²) in [5.41, 5.74) is 6.59. The molecule has 1 aromatic rings. The smallest absolute Gasteiger partial charge is 0.322 e. The van der Waals surface area contributed by atoms with Crippen molar-refractivity contribution in [1.82, 2.24) is 0 Å². The quantitative estimate of drug-likeness (QED) is 0.611. The normalized spacial score (nSPS) is 15.3. The zero-order valence-corrected chi connectivity index (χ0v) is 11.2. The molecule has 0 heterocycles. The number of ether oxygens (including phenoxy) is 1. The summed E-state index contributed by atoms with van der Waals surface area (Å²) < 4.78 is 4.85. The maximum Gasteiger partial charge on any atom is 0.322 e. The number of hydrogen-bond acceptors (Lipinski definition) is 4. The van der Waals surface area contributed by atoms with Crippen molar-refractivity contribution >= 4 is 23.5 Å². The first-order valence-electron chi connectivity index (χ1n) is 5.83. The standard InChI is InChI=1S/C13H16ClNO4/c1-2-19-13(18)9(10(14)12(16)17)11(15)8-6-4-3-5-7-8/h3-7,9-11H,2,15H2,1H3,(H,16,17). The van der Waals surface area contributed by atoms with Gasteiger partial charge >= 0.3 is 11.9 Å². The summed E-state index contributed by atoms with van der Waals surface area (Å²) in [6.45, 7) is 1.77. The van der Waals surface area contributed by atoms with E-state index < -0.39 is 29.3 Å². The second kappa shape index (κ2) is 7.11. The zero-order chi connectivity index (χ0) is 14.4. The maximum absolute atomic E-state index is 11.9. The Labute approximate surface area is 116 Å². The predicted molar refractivity (Wildman–Crippen MR) is 70.8 cm³/mol. The molecule has 0 spiro atoms. The van der Waals surface area contributed by atoms with Gasteiger partial charge in [-0.05, 0) is 12.5 Å². The van der Waals surface area contributed by atoms with Gasteiger partial charge in [0.2, 0.25) is 0 Å². The minimum absolute atomic E-state index is 0.139. The second-order valence-corrected chi connectivity index (χ2v) is 4.42. The van der Waals surface area contributed by atoms with Crippen LogP contribution >= 0.6 is 11.6 Å². The first-order chi connectivity index (χ1) is 8.99. The summed E-state index contributed by atoms with van der Waals surface area (Å²) >= 11 is 5.78. The van der Waals surface area contributed by atoms with Gasteiger partial charge in [0.1, 0.15) is 11.3 Å². The van der Waals surface area contributed by atoms with E-state index in [4.69, 9.17) is 27.2 Å². The van der Waals surface area contributed by atoms with E-state index in [9.17, 15) is 9.59 Å². The number of esters is 1. The van der Waals surface area contributed by atoms with Crippen molar-refractivity contribution in [3.05, 3.63) is 35.9 Å². The molecule has 0 amide bonds. The van der Waals surface area contributed by atoms with Crippen molar-refractivity contribution in [2.75, 3.05) is 6.61 Å². The molecule has 0 fully saturated rings. The second-order valence-electron chi connectivity index (χ2n) is 3.95. The third kappa shape index (κ3) is 3.94. The highest BCUT2D eigenvalue weighted by Crippen LogP contribution is 2.27. The fourth-order valence-electron chi connectivity index (χ4n) is 1.72. The van der Waals surface area contributed by atoms with Gasteiger partial charge in [0.25, 0.3) is 0 Å². The van der Waals surface area contributed by atoms with E-state index in [2.05, 4.69) is 0 Å². The molecule has 3 atom stereocenters. The monoisotopic (exact) mass is 285 g/mol. The van der Waals surface area contributed by atoms with Crippen molar-refractivity contribution in [3.8, 4) is 0 Å². The molecule has 1 rings (SSSR count). The molecule has 5 nitrogen and oxygen atoms in total. The first kappa shape index (κ1) is 15.5. The molecule has 0 aliphatic heterocycles. The van der Waals surface area contributed by atoms with Gasteiger partial charge in [-0.2, -0.15) is 0 Å². The van der Waals surface area contributed by atoms with E-state index in [1.807, 2.05) is 0 Å². The van der Waals surface area contributed by atoms with Gasteiger partial charge in [-0.25, -0.2) is 0 Å². The number of carbonyl (C=O) groups is 2. The van der Waals surface area contributed by atoms with Crippen LogP contribution in [0.2, 0.25) is 0 Å². The number of carbonyl (C=O) groups excluding carboxylic acids is 1. The molecule has 6 heteroatoms. The van der Waals surface area contributed by atoms with Crippen molar-refractivity contribution in [1.29, 1.82) is 0 Å². The lowest BCUT2D eigenvalue weighted by atomic mass is 9.90. The van der Waals surface area contributed by atoms with E-state index in [1.165, 1.54) is 0 Å². The molecule has 3 N–H and O–H groups in total. The third-order valence-electron chi connectivity index (χ3n) is 2.68. The van der Waals surface area contributed by atoms with Crippen LogP contribution in [0.1, 0.15) is 18.5 Å². The summed E-state index contributed by atoms with van der Waals surface area (Å²) in [5, 5.41) is 7.53. The Morgan fingerprint density at radius 2 is 1.95 bits per heavy atom.